The number of benzene rings is 2. The number of rotatable bonds is 5. The Kier molecular flexibility index (Phi) is 5.26. The molecule has 1 saturated heterocycles. The summed E-state index contributed by atoms with van der Waals surface area (Å²) in [6.07, 6.45) is 0.357. The van der Waals surface area contributed by atoms with Crippen molar-refractivity contribution in [2.24, 2.45) is 0 Å². The molecule has 4 rings (SSSR count). The van der Waals surface area contributed by atoms with Gasteiger partial charge in [0, 0.05) is 25.1 Å². The average Bonchev–Trinajstić information content (AvgIpc) is 3.32. The summed E-state index contributed by atoms with van der Waals surface area (Å²) < 4.78 is 19.2. The topological polar surface area (TPSA) is 59.2 Å². The van der Waals surface area contributed by atoms with Gasteiger partial charge in [0.15, 0.2) is 0 Å². The van der Waals surface area contributed by atoms with Gasteiger partial charge in [-0.2, -0.15) is 4.98 Å². The van der Waals surface area contributed by atoms with Gasteiger partial charge in [-0.25, -0.2) is 4.39 Å². The molecule has 2 aromatic carbocycles. The van der Waals surface area contributed by atoms with Crippen molar-refractivity contribution in [3.63, 3.8) is 0 Å². The van der Waals surface area contributed by atoms with Gasteiger partial charge in [0.05, 0.1) is 10.4 Å². The highest BCUT2D eigenvalue weighted by atomic mass is 79.9. The van der Waals surface area contributed by atoms with Crippen LogP contribution in [0.3, 0.4) is 0 Å². The Hall–Kier alpha value is -2.54. The van der Waals surface area contributed by atoms with E-state index in [4.69, 9.17) is 4.52 Å². The lowest BCUT2D eigenvalue weighted by Crippen LogP contribution is -2.29. The predicted octanol–water partition coefficient (Wildman–Crippen LogP) is 4.76. The Morgan fingerprint density at radius 3 is 2.82 bits per heavy atom. The molecule has 1 amide bonds. The van der Waals surface area contributed by atoms with Gasteiger partial charge in [0.25, 0.3) is 0 Å². The molecular weight excluding hydrogens is 425 g/mol. The van der Waals surface area contributed by atoms with Crippen molar-refractivity contribution in [3.05, 3.63) is 70.3 Å². The van der Waals surface area contributed by atoms with Crippen LogP contribution in [0.5, 0.6) is 0 Å². The summed E-state index contributed by atoms with van der Waals surface area (Å²) in [6.45, 7) is 3.34. The molecule has 2 heterocycles. The first-order valence-corrected chi connectivity index (χ1v) is 9.92. The van der Waals surface area contributed by atoms with Crippen LogP contribution >= 0.6 is 15.9 Å². The van der Waals surface area contributed by atoms with Crippen molar-refractivity contribution >= 4 is 21.8 Å². The third kappa shape index (κ3) is 3.85. The Labute approximate surface area is 170 Å². The van der Waals surface area contributed by atoms with E-state index >= 15 is 0 Å². The molecule has 1 fully saturated rings. The van der Waals surface area contributed by atoms with Crippen LogP contribution in [0, 0.1) is 5.82 Å². The molecule has 1 aliphatic heterocycles. The number of aromatic nitrogens is 2. The average molecular weight is 444 g/mol. The van der Waals surface area contributed by atoms with Crippen LogP contribution in [0.15, 0.2) is 57.5 Å². The molecule has 0 saturated carbocycles. The largest absolute Gasteiger partial charge is 0.341 e. The molecule has 0 N–H and O–H groups in total. The van der Waals surface area contributed by atoms with Crippen LogP contribution in [0.4, 0.5) is 4.39 Å². The SMILES string of the molecule is CC(CN1CC(c2nc(-c3ccc(F)c(Br)c3)no2)CC1=O)c1ccccc1. The van der Waals surface area contributed by atoms with Crippen LogP contribution < -0.4 is 0 Å². The molecule has 0 radical (unpaired) electrons. The highest BCUT2D eigenvalue weighted by molar-refractivity contribution is 9.10. The van der Waals surface area contributed by atoms with Crippen molar-refractivity contribution in [3.8, 4) is 11.4 Å². The molecule has 5 nitrogen and oxygen atoms in total. The van der Waals surface area contributed by atoms with E-state index in [0.29, 0.717) is 41.3 Å². The van der Waals surface area contributed by atoms with E-state index in [-0.39, 0.29) is 23.6 Å². The zero-order chi connectivity index (χ0) is 19.7. The standard InChI is InChI=1S/C21H19BrFN3O2/c1-13(14-5-3-2-4-6-14)11-26-12-16(10-19(26)27)21-24-20(25-28-21)15-7-8-18(23)17(22)9-15/h2-9,13,16H,10-12H2,1H3. The third-order valence-corrected chi connectivity index (χ3v) is 5.65. The number of hydrogen-bond acceptors (Lipinski definition) is 4. The summed E-state index contributed by atoms with van der Waals surface area (Å²) in [4.78, 5) is 18.8. The Morgan fingerprint density at radius 1 is 1.29 bits per heavy atom. The van der Waals surface area contributed by atoms with Crippen molar-refractivity contribution in [1.29, 1.82) is 0 Å². The van der Waals surface area contributed by atoms with Crippen molar-refractivity contribution in [2.75, 3.05) is 13.1 Å². The molecule has 2 atom stereocenters. The van der Waals surface area contributed by atoms with Gasteiger partial charge < -0.3 is 9.42 Å². The second-order valence-corrected chi connectivity index (χ2v) is 7.95. The summed E-state index contributed by atoms with van der Waals surface area (Å²) in [5, 5.41) is 4.00. The molecule has 1 aromatic heterocycles. The molecule has 0 bridgehead atoms. The molecule has 144 valence electrons. The number of carbonyl (C=O) groups is 1. The Balaban J connectivity index is 1.45. The minimum Gasteiger partial charge on any atom is -0.341 e. The monoisotopic (exact) mass is 443 g/mol. The maximum Gasteiger partial charge on any atom is 0.232 e. The molecular formula is C21H19BrFN3O2. The highest BCUT2D eigenvalue weighted by Gasteiger charge is 2.35. The fraction of sp³-hybridized carbons (Fsp3) is 0.286. The number of halogens is 2. The summed E-state index contributed by atoms with van der Waals surface area (Å²) in [5.74, 6) is 0.700. The fourth-order valence-corrected chi connectivity index (χ4v) is 3.86. The Morgan fingerprint density at radius 2 is 2.07 bits per heavy atom. The van der Waals surface area contributed by atoms with Crippen LogP contribution in [0.2, 0.25) is 0 Å². The van der Waals surface area contributed by atoms with Crippen LogP contribution in [0.25, 0.3) is 11.4 Å². The van der Waals surface area contributed by atoms with E-state index in [1.165, 1.54) is 11.6 Å². The lowest BCUT2D eigenvalue weighted by Gasteiger charge is -2.21. The molecule has 0 spiro atoms. The number of nitrogens with zero attached hydrogens (tertiary/aromatic N) is 3. The first-order valence-electron chi connectivity index (χ1n) is 9.13. The summed E-state index contributed by atoms with van der Waals surface area (Å²) in [7, 11) is 0. The van der Waals surface area contributed by atoms with Gasteiger partial charge in [0.2, 0.25) is 17.6 Å². The number of amides is 1. The van der Waals surface area contributed by atoms with Gasteiger partial charge in [0.1, 0.15) is 5.82 Å². The highest BCUT2D eigenvalue weighted by Crippen LogP contribution is 2.31. The zero-order valence-electron chi connectivity index (χ0n) is 15.3. The lowest BCUT2D eigenvalue weighted by atomic mass is 10.0. The summed E-state index contributed by atoms with van der Waals surface area (Å²) >= 11 is 3.16. The maximum absolute atomic E-state index is 13.4. The fourth-order valence-electron chi connectivity index (χ4n) is 3.49. The summed E-state index contributed by atoms with van der Waals surface area (Å²) in [6, 6.07) is 14.7. The van der Waals surface area contributed by atoms with E-state index in [0.717, 1.165) is 0 Å². The van der Waals surface area contributed by atoms with Gasteiger partial charge >= 0.3 is 0 Å². The smallest absolute Gasteiger partial charge is 0.232 e. The third-order valence-electron chi connectivity index (χ3n) is 5.05. The van der Waals surface area contributed by atoms with E-state index in [2.05, 4.69) is 45.1 Å². The van der Waals surface area contributed by atoms with E-state index in [9.17, 15) is 9.18 Å². The van der Waals surface area contributed by atoms with E-state index in [1.54, 1.807) is 12.1 Å². The van der Waals surface area contributed by atoms with Crippen LogP contribution in [-0.2, 0) is 4.79 Å². The molecule has 7 heteroatoms. The number of carbonyl (C=O) groups excluding carboxylic acids is 1. The first kappa shape index (κ1) is 18.8. The first-order chi connectivity index (χ1) is 13.5. The van der Waals surface area contributed by atoms with Crippen LogP contribution in [-0.4, -0.2) is 34.0 Å². The number of likely N-dealkylation sites (tertiary alicyclic amines) is 1. The van der Waals surface area contributed by atoms with Gasteiger partial charge in [-0.3, -0.25) is 4.79 Å². The van der Waals surface area contributed by atoms with Crippen molar-refractivity contribution in [1.82, 2.24) is 15.0 Å². The molecule has 0 aliphatic carbocycles. The molecule has 2 unspecified atom stereocenters. The number of hydrogen-bond donors (Lipinski definition) is 0. The lowest BCUT2D eigenvalue weighted by molar-refractivity contribution is -0.127. The van der Waals surface area contributed by atoms with E-state index < -0.39 is 0 Å². The minimum atomic E-state index is -0.350. The normalized spacial score (nSPS) is 17.9. The van der Waals surface area contributed by atoms with Crippen LogP contribution in [0.1, 0.15) is 36.6 Å². The molecule has 1 aliphatic rings. The van der Waals surface area contributed by atoms with Gasteiger partial charge in [-0.15, -0.1) is 0 Å². The molecule has 3 aromatic rings. The Bertz CT molecular complexity index is 992. The van der Waals surface area contributed by atoms with Gasteiger partial charge in [-0.05, 0) is 45.6 Å². The van der Waals surface area contributed by atoms with Crippen molar-refractivity contribution < 1.29 is 13.7 Å². The summed E-state index contributed by atoms with van der Waals surface area (Å²) in [5.41, 5.74) is 1.86. The quantitative estimate of drug-likeness (QED) is 0.570. The maximum atomic E-state index is 13.4. The zero-order valence-corrected chi connectivity index (χ0v) is 16.9. The van der Waals surface area contributed by atoms with Crippen molar-refractivity contribution in [2.45, 2.75) is 25.2 Å². The molecule has 28 heavy (non-hydrogen) atoms. The van der Waals surface area contributed by atoms with E-state index in [1.807, 2.05) is 23.1 Å². The predicted molar refractivity (Wildman–Crippen MR) is 106 cm³/mol. The second-order valence-electron chi connectivity index (χ2n) is 7.10. The second kappa shape index (κ2) is 7.83. The van der Waals surface area contributed by atoms with Gasteiger partial charge in [-0.1, -0.05) is 42.4 Å². The minimum absolute atomic E-state index is 0.0945.